The lowest BCUT2D eigenvalue weighted by Crippen LogP contribution is -2.50. The SMILES string of the molecule is CC(C)(CO)NC(=S)NCc1ccc2c(c1)OCO2. The maximum Gasteiger partial charge on any atom is 0.231 e. The van der Waals surface area contributed by atoms with E-state index in [1.54, 1.807) is 0 Å². The number of thiocarbonyl (C=S) groups is 1. The predicted octanol–water partition coefficient (Wildman–Crippen LogP) is 1.15. The molecule has 1 aliphatic rings. The van der Waals surface area contributed by atoms with Crippen LogP contribution in [-0.2, 0) is 6.54 Å². The minimum Gasteiger partial charge on any atom is -0.454 e. The van der Waals surface area contributed by atoms with Gasteiger partial charge in [0.2, 0.25) is 6.79 Å². The molecule has 0 aliphatic carbocycles. The van der Waals surface area contributed by atoms with Gasteiger partial charge in [-0.05, 0) is 43.8 Å². The van der Waals surface area contributed by atoms with E-state index in [2.05, 4.69) is 10.6 Å². The molecule has 1 aromatic rings. The second-order valence-electron chi connectivity index (χ2n) is 5.04. The van der Waals surface area contributed by atoms with Crippen molar-refractivity contribution in [1.29, 1.82) is 0 Å². The van der Waals surface area contributed by atoms with E-state index in [-0.39, 0.29) is 13.4 Å². The minimum atomic E-state index is -0.432. The van der Waals surface area contributed by atoms with Gasteiger partial charge in [-0.15, -0.1) is 0 Å². The number of ether oxygens (including phenoxy) is 2. The van der Waals surface area contributed by atoms with Crippen LogP contribution in [0.2, 0.25) is 0 Å². The van der Waals surface area contributed by atoms with E-state index in [9.17, 15) is 0 Å². The van der Waals surface area contributed by atoms with E-state index in [0.29, 0.717) is 11.7 Å². The molecule has 104 valence electrons. The molecule has 0 fully saturated rings. The Morgan fingerprint density at radius 1 is 1.37 bits per heavy atom. The normalized spacial score (nSPS) is 13.2. The first kappa shape index (κ1) is 13.9. The van der Waals surface area contributed by atoms with E-state index >= 15 is 0 Å². The first-order valence-electron chi connectivity index (χ1n) is 6.05. The summed E-state index contributed by atoms with van der Waals surface area (Å²) >= 11 is 5.18. The summed E-state index contributed by atoms with van der Waals surface area (Å²) in [7, 11) is 0. The van der Waals surface area contributed by atoms with Crippen LogP contribution < -0.4 is 20.1 Å². The molecule has 1 aromatic carbocycles. The summed E-state index contributed by atoms with van der Waals surface area (Å²) in [6, 6.07) is 5.77. The summed E-state index contributed by atoms with van der Waals surface area (Å²) in [5.41, 5.74) is 0.620. The first-order chi connectivity index (χ1) is 9.00. The highest BCUT2D eigenvalue weighted by Crippen LogP contribution is 2.32. The Morgan fingerprint density at radius 3 is 2.84 bits per heavy atom. The van der Waals surface area contributed by atoms with Crippen LogP contribution in [0.25, 0.3) is 0 Å². The third kappa shape index (κ3) is 3.71. The molecular formula is C13H18N2O3S. The van der Waals surface area contributed by atoms with Crippen LogP contribution in [0, 0.1) is 0 Å². The van der Waals surface area contributed by atoms with Crippen molar-refractivity contribution in [3.8, 4) is 11.5 Å². The maximum absolute atomic E-state index is 9.15. The van der Waals surface area contributed by atoms with E-state index < -0.39 is 5.54 Å². The van der Waals surface area contributed by atoms with Gasteiger partial charge in [-0.3, -0.25) is 0 Å². The quantitative estimate of drug-likeness (QED) is 0.720. The van der Waals surface area contributed by atoms with Crippen LogP contribution in [0.4, 0.5) is 0 Å². The molecule has 5 nitrogen and oxygen atoms in total. The average Bonchev–Trinajstić information content (AvgIpc) is 2.83. The third-order valence-corrected chi connectivity index (χ3v) is 2.98. The van der Waals surface area contributed by atoms with Crippen molar-refractivity contribution in [1.82, 2.24) is 10.6 Å². The molecule has 0 unspecified atom stereocenters. The molecular weight excluding hydrogens is 264 g/mol. The molecule has 0 saturated carbocycles. The molecule has 0 bridgehead atoms. The van der Waals surface area contributed by atoms with E-state index in [1.165, 1.54) is 0 Å². The highest BCUT2D eigenvalue weighted by Gasteiger charge is 2.17. The Balaban J connectivity index is 1.87. The molecule has 0 radical (unpaired) electrons. The van der Waals surface area contributed by atoms with Crippen LogP contribution in [0.5, 0.6) is 11.5 Å². The Morgan fingerprint density at radius 2 is 2.11 bits per heavy atom. The zero-order valence-electron chi connectivity index (χ0n) is 11.0. The Bertz CT molecular complexity index is 477. The van der Waals surface area contributed by atoms with Crippen molar-refractivity contribution in [2.75, 3.05) is 13.4 Å². The highest BCUT2D eigenvalue weighted by molar-refractivity contribution is 7.80. The van der Waals surface area contributed by atoms with Gasteiger partial charge >= 0.3 is 0 Å². The Kier molecular flexibility index (Phi) is 4.11. The number of hydrogen-bond donors (Lipinski definition) is 3. The van der Waals surface area contributed by atoms with Gasteiger partial charge in [0.15, 0.2) is 16.6 Å². The van der Waals surface area contributed by atoms with E-state index in [4.69, 9.17) is 26.8 Å². The van der Waals surface area contributed by atoms with E-state index in [1.807, 2.05) is 32.0 Å². The van der Waals surface area contributed by atoms with Gasteiger partial charge in [0, 0.05) is 6.54 Å². The summed E-state index contributed by atoms with van der Waals surface area (Å²) in [5.74, 6) is 1.53. The van der Waals surface area contributed by atoms with Gasteiger partial charge in [-0.2, -0.15) is 0 Å². The summed E-state index contributed by atoms with van der Waals surface area (Å²) < 4.78 is 10.6. The van der Waals surface area contributed by atoms with Crippen molar-refractivity contribution < 1.29 is 14.6 Å². The molecule has 1 heterocycles. The number of hydrogen-bond acceptors (Lipinski definition) is 4. The molecule has 0 atom stereocenters. The van der Waals surface area contributed by atoms with E-state index in [0.717, 1.165) is 17.1 Å². The summed E-state index contributed by atoms with van der Waals surface area (Å²) in [6.07, 6.45) is 0. The lowest BCUT2D eigenvalue weighted by atomic mass is 10.1. The van der Waals surface area contributed by atoms with Crippen LogP contribution >= 0.6 is 12.2 Å². The number of benzene rings is 1. The number of rotatable bonds is 4. The van der Waals surface area contributed by atoms with Gasteiger partial charge < -0.3 is 25.2 Å². The molecule has 19 heavy (non-hydrogen) atoms. The number of fused-ring (bicyclic) bond motifs is 1. The van der Waals surface area contributed by atoms with Gasteiger partial charge in [0.25, 0.3) is 0 Å². The predicted molar refractivity (Wildman–Crippen MR) is 76.3 cm³/mol. The van der Waals surface area contributed by atoms with Crippen LogP contribution in [-0.4, -0.2) is 29.2 Å². The van der Waals surface area contributed by atoms with Crippen molar-refractivity contribution in [3.63, 3.8) is 0 Å². The average molecular weight is 282 g/mol. The molecule has 2 rings (SSSR count). The molecule has 1 aliphatic heterocycles. The Hall–Kier alpha value is -1.53. The fraction of sp³-hybridized carbons (Fsp3) is 0.462. The monoisotopic (exact) mass is 282 g/mol. The van der Waals surface area contributed by atoms with Crippen LogP contribution in [0.15, 0.2) is 18.2 Å². The zero-order chi connectivity index (χ0) is 13.9. The van der Waals surface area contributed by atoms with Crippen molar-refractivity contribution in [2.24, 2.45) is 0 Å². The second-order valence-corrected chi connectivity index (χ2v) is 5.45. The third-order valence-electron chi connectivity index (χ3n) is 2.74. The minimum absolute atomic E-state index is 0.0127. The molecule has 0 spiro atoms. The van der Waals surface area contributed by atoms with Gasteiger partial charge in [-0.25, -0.2) is 0 Å². The maximum atomic E-state index is 9.15. The fourth-order valence-corrected chi connectivity index (χ4v) is 1.97. The molecule has 0 amide bonds. The number of aliphatic hydroxyl groups excluding tert-OH is 1. The lowest BCUT2D eigenvalue weighted by molar-refractivity contribution is 0.174. The fourth-order valence-electron chi connectivity index (χ4n) is 1.62. The summed E-state index contributed by atoms with van der Waals surface area (Å²) in [6.45, 7) is 4.63. The molecule has 3 N–H and O–H groups in total. The van der Waals surface area contributed by atoms with Crippen molar-refractivity contribution in [2.45, 2.75) is 25.9 Å². The summed E-state index contributed by atoms with van der Waals surface area (Å²) in [4.78, 5) is 0. The first-order valence-corrected chi connectivity index (χ1v) is 6.46. The van der Waals surface area contributed by atoms with Gasteiger partial charge in [-0.1, -0.05) is 6.07 Å². The van der Waals surface area contributed by atoms with Gasteiger partial charge in [0.1, 0.15) is 0 Å². The zero-order valence-corrected chi connectivity index (χ0v) is 11.8. The smallest absolute Gasteiger partial charge is 0.231 e. The molecule has 0 saturated heterocycles. The van der Waals surface area contributed by atoms with Crippen molar-refractivity contribution in [3.05, 3.63) is 23.8 Å². The molecule has 6 heteroatoms. The lowest BCUT2D eigenvalue weighted by Gasteiger charge is -2.25. The second kappa shape index (κ2) is 5.63. The number of nitrogens with one attached hydrogen (secondary N) is 2. The van der Waals surface area contributed by atoms with Crippen LogP contribution in [0.1, 0.15) is 19.4 Å². The standard InChI is InChI=1S/C13H18N2O3S/c1-13(2,7-16)15-12(19)14-6-9-3-4-10-11(5-9)18-8-17-10/h3-5,16H,6-8H2,1-2H3,(H2,14,15,19). The van der Waals surface area contributed by atoms with Crippen LogP contribution in [0.3, 0.4) is 0 Å². The topological polar surface area (TPSA) is 62.8 Å². The number of aliphatic hydroxyl groups is 1. The van der Waals surface area contributed by atoms with Crippen molar-refractivity contribution >= 4 is 17.3 Å². The largest absolute Gasteiger partial charge is 0.454 e. The molecule has 0 aromatic heterocycles. The Labute approximate surface area is 117 Å². The van der Waals surface area contributed by atoms with Gasteiger partial charge in [0.05, 0.1) is 12.1 Å². The summed E-state index contributed by atoms with van der Waals surface area (Å²) in [5, 5.41) is 15.8. The highest BCUT2D eigenvalue weighted by atomic mass is 32.1.